The molecule has 1 aromatic rings. The highest BCUT2D eigenvalue weighted by Gasteiger charge is 2.23. The fourth-order valence-corrected chi connectivity index (χ4v) is 3.29. The number of carbonyl (C=O) groups excluding carboxylic acids is 2. The number of carbonyl (C=O) groups is 2. The van der Waals surface area contributed by atoms with E-state index in [0.717, 1.165) is 25.9 Å². The Hall–Kier alpha value is -1.75. The molecular formula is C17H24ClN3O2. The number of benzene rings is 1. The first-order valence-corrected chi connectivity index (χ1v) is 8.36. The van der Waals surface area contributed by atoms with Crippen molar-refractivity contribution in [3.63, 3.8) is 0 Å². The van der Waals surface area contributed by atoms with E-state index in [1.54, 1.807) is 25.2 Å². The summed E-state index contributed by atoms with van der Waals surface area (Å²) in [6, 6.07) is 4.80. The fourth-order valence-electron chi connectivity index (χ4n) is 3.02. The number of hydrogen-bond donors (Lipinski definition) is 2. The maximum absolute atomic E-state index is 12.5. The molecule has 126 valence electrons. The Morgan fingerprint density at radius 2 is 2.00 bits per heavy atom. The van der Waals surface area contributed by atoms with Crippen LogP contribution >= 0.6 is 11.6 Å². The van der Waals surface area contributed by atoms with Gasteiger partial charge in [-0.15, -0.1) is 0 Å². The van der Waals surface area contributed by atoms with Crippen LogP contribution in [0.5, 0.6) is 0 Å². The minimum Gasteiger partial charge on any atom is -0.355 e. The second kappa shape index (κ2) is 7.68. The van der Waals surface area contributed by atoms with Gasteiger partial charge in [0.1, 0.15) is 0 Å². The Bertz CT molecular complexity index is 591. The van der Waals surface area contributed by atoms with Crippen LogP contribution in [0.4, 0.5) is 10.5 Å². The molecule has 0 bridgehead atoms. The van der Waals surface area contributed by atoms with Crippen molar-refractivity contribution in [2.45, 2.75) is 26.7 Å². The molecule has 2 N–H and O–H groups in total. The van der Waals surface area contributed by atoms with Crippen molar-refractivity contribution >= 4 is 29.2 Å². The molecule has 1 heterocycles. The van der Waals surface area contributed by atoms with Gasteiger partial charge in [0.25, 0.3) is 5.91 Å². The average Bonchev–Trinajstić information content (AvgIpc) is 2.67. The summed E-state index contributed by atoms with van der Waals surface area (Å²) in [7, 11) is 1.55. The van der Waals surface area contributed by atoms with Crippen LogP contribution in [-0.4, -0.2) is 37.0 Å². The summed E-state index contributed by atoms with van der Waals surface area (Å²) in [6.07, 6.45) is 2.17. The van der Waals surface area contributed by atoms with Gasteiger partial charge in [0.15, 0.2) is 0 Å². The van der Waals surface area contributed by atoms with Crippen molar-refractivity contribution in [3.05, 3.63) is 28.8 Å². The molecule has 0 saturated carbocycles. The lowest BCUT2D eigenvalue weighted by Gasteiger charge is -2.23. The zero-order valence-corrected chi connectivity index (χ0v) is 14.6. The van der Waals surface area contributed by atoms with Crippen molar-refractivity contribution < 1.29 is 9.59 Å². The fraction of sp³-hybridized carbons (Fsp3) is 0.529. The van der Waals surface area contributed by atoms with Gasteiger partial charge >= 0.3 is 6.03 Å². The van der Waals surface area contributed by atoms with Gasteiger partial charge in [0, 0.05) is 25.8 Å². The molecule has 2 atom stereocenters. The summed E-state index contributed by atoms with van der Waals surface area (Å²) in [4.78, 5) is 25.9. The molecule has 1 fully saturated rings. The SMILES string of the molecule is CNC(=O)c1ccc(NC(=O)N2CCC(C)CC(C)C2)cc1Cl. The molecule has 23 heavy (non-hydrogen) atoms. The summed E-state index contributed by atoms with van der Waals surface area (Å²) in [5.41, 5.74) is 0.988. The van der Waals surface area contributed by atoms with Crippen molar-refractivity contribution in [2.24, 2.45) is 11.8 Å². The van der Waals surface area contributed by atoms with Crippen molar-refractivity contribution in [3.8, 4) is 0 Å². The second-order valence-corrected chi connectivity index (χ2v) is 6.79. The van der Waals surface area contributed by atoms with Crippen molar-refractivity contribution in [1.29, 1.82) is 0 Å². The molecule has 3 amide bonds. The van der Waals surface area contributed by atoms with E-state index in [0.29, 0.717) is 28.1 Å². The van der Waals surface area contributed by atoms with Crippen LogP contribution in [0.3, 0.4) is 0 Å². The van der Waals surface area contributed by atoms with Crippen LogP contribution in [-0.2, 0) is 0 Å². The van der Waals surface area contributed by atoms with Gasteiger partial charge in [0.2, 0.25) is 0 Å². The van der Waals surface area contributed by atoms with E-state index < -0.39 is 0 Å². The van der Waals surface area contributed by atoms with Crippen molar-refractivity contribution in [1.82, 2.24) is 10.2 Å². The van der Waals surface area contributed by atoms with Gasteiger partial charge in [-0.1, -0.05) is 25.4 Å². The number of likely N-dealkylation sites (tertiary alicyclic amines) is 1. The maximum atomic E-state index is 12.5. The summed E-state index contributed by atoms with van der Waals surface area (Å²) >= 11 is 6.11. The van der Waals surface area contributed by atoms with Crippen LogP contribution in [0.25, 0.3) is 0 Å². The predicted molar refractivity (Wildman–Crippen MR) is 93.0 cm³/mol. The third-order valence-corrected chi connectivity index (χ3v) is 4.52. The van der Waals surface area contributed by atoms with E-state index in [9.17, 15) is 9.59 Å². The van der Waals surface area contributed by atoms with E-state index in [1.807, 2.05) is 4.90 Å². The normalized spacial score (nSPS) is 21.5. The first kappa shape index (κ1) is 17.6. The van der Waals surface area contributed by atoms with E-state index in [1.165, 1.54) is 0 Å². The zero-order valence-electron chi connectivity index (χ0n) is 13.9. The van der Waals surface area contributed by atoms with Crippen LogP contribution in [0, 0.1) is 11.8 Å². The second-order valence-electron chi connectivity index (χ2n) is 6.38. The Morgan fingerprint density at radius 1 is 1.26 bits per heavy atom. The quantitative estimate of drug-likeness (QED) is 0.866. The van der Waals surface area contributed by atoms with Crippen LogP contribution in [0.15, 0.2) is 18.2 Å². The Labute approximate surface area is 142 Å². The highest BCUT2D eigenvalue weighted by atomic mass is 35.5. The predicted octanol–water partition coefficient (Wildman–Crippen LogP) is 3.60. The summed E-state index contributed by atoms with van der Waals surface area (Å²) in [5, 5.41) is 5.72. The van der Waals surface area contributed by atoms with Crippen molar-refractivity contribution in [2.75, 3.05) is 25.5 Å². The minimum absolute atomic E-state index is 0.116. The van der Waals surface area contributed by atoms with Gasteiger partial charge in [0.05, 0.1) is 10.6 Å². The number of halogens is 1. The van der Waals surface area contributed by atoms with E-state index in [-0.39, 0.29) is 11.9 Å². The number of rotatable bonds is 2. The molecule has 2 rings (SSSR count). The van der Waals surface area contributed by atoms with E-state index >= 15 is 0 Å². The average molecular weight is 338 g/mol. The lowest BCUT2D eigenvalue weighted by atomic mass is 9.97. The number of urea groups is 1. The number of nitrogens with one attached hydrogen (secondary N) is 2. The van der Waals surface area contributed by atoms with Crippen LogP contribution in [0.2, 0.25) is 5.02 Å². The molecule has 0 aromatic heterocycles. The molecule has 0 spiro atoms. The van der Waals surface area contributed by atoms with Crippen LogP contribution < -0.4 is 10.6 Å². The molecule has 1 aliphatic rings. The lowest BCUT2D eigenvalue weighted by Crippen LogP contribution is -2.37. The number of amides is 3. The molecule has 0 aliphatic carbocycles. The van der Waals surface area contributed by atoms with Gasteiger partial charge < -0.3 is 15.5 Å². The first-order chi connectivity index (χ1) is 10.9. The number of nitrogens with zero attached hydrogens (tertiary/aromatic N) is 1. The standard InChI is InChI=1S/C17H24ClN3O2/c1-11-6-7-21(10-12(2)8-11)17(23)20-13-4-5-14(15(18)9-13)16(22)19-3/h4-5,9,11-12H,6-8,10H2,1-3H3,(H,19,22)(H,20,23). The molecule has 1 aliphatic heterocycles. The molecule has 2 unspecified atom stereocenters. The summed E-state index contributed by atoms with van der Waals surface area (Å²) in [6.45, 7) is 5.94. The molecule has 0 radical (unpaired) electrons. The molecule has 1 saturated heterocycles. The lowest BCUT2D eigenvalue weighted by molar-refractivity contribution is 0.0963. The summed E-state index contributed by atoms with van der Waals surface area (Å²) in [5.74, 6) is 0.893. The molecular weight excluding hydrogens is 314 g/mol. The Balaban J connectivity index is 2.05. The third-order valence-electron chi connectivity index (χ3n) is 4.21. The number of hydrogen-bond acceptors (Lipinski definition) is 2. The largest absolute Gasteiger partial charge is 0.355 e. The molecule has 6 heteroatoms. The summed E-state index contributed by atoms with van der Waals surface area (Å²) < 4.78 is 0. The molecule has 5 nitrogen and oxygen atoms in total. The monoisotopic (exact) mass is 337 g/mol. The van der Waals surface area contributed by atoms with E-state index in [4.69, 9.17) is 11.6 Å². The minimum atomic E-state index is -0.247. The number of anilines is 1. The first-order valence-electron chi connectivity index (χ1n) is 7.98. The maximum Gasteiger partial charge on any atom is 0.321 e. The van der Waals surface area contributed by atoms with E-state index in [2.05, 4.69) is 24.5 Å². The molecule has 1 aromatic carbocycles. The third kappa shape index (κ3) is 4.61. The highest BCUT2D eigenvalue weighted by Crippen LogP contribution is 2.24. The van der Waals surface area contributed by atoms with Crippen LogP contribution in [0.1, 0.15) is 37.0 Å². The van der Waals surface area contributed by atoms with Gasteiger partial charge in [-0.3, -0.25) is 4.79 Å². The van der Waals surface area contributed by atoms with Gasteiger partial charge in [-0.2, -0.15) is 0 Å². The zero-order chi connectivity index (χ0) is 17.0. The van der Waals surface area contributed by atoms with Gasteiger partial charge in [-0.25, -0.2) is 4.79 Å². The highest BCUT2D eigenvalue weighted by molar-refractivity contribution is 6.34. The topological polar surface area (TPSA) is 61.4 Å². The smallest absolute Gasteiger partial charge is 0.321 e. The Morgan fingerprint density at radius 3 is 2.65 bits per heavy atom. The van der Waals surface area contributed by atoms with Gasteiger partial charge in [-0.05, 0) is 42.9 Å². The Kier molecular flexibility index (Phi) is 5.88.